The molecule has 3 nitrogen and oxygen atoms in total. The second-order valence-electron chi connectivity index (χ2n) is 6.78. The lowest BCUT2D eigenvalue weighted by molar-refractivity contribution is 0.798. The summed E-state index contributed by atoms with van der Waals surface area (Å²) in [5.41, 5.74) is 3.41. The number of unbranched alkanes of at least 4 members (excludes halogenated alkanes) is 1. The summed E-state index contributed by atoms with van der Waals surface area (Å²) in [5.74, 6) is 1.82. The van der Waals surface area contributed by atoms with Crippen LogP contribution in [0.25, 0.3) is 17.1 Å². The maximum Gasteiger partial charge on any atom is 0.196 e. The zero-order valence-corrected chi connectivity index (χ0v) is 17.6. The van der Waals surface area contributed by atoms with Gasteiger partial charge in [0.15, 0.2) is 11.0 Å². The van der Waals surface area contributed by atoms with Crippen molar-refractivity contribution in [2.75, 3.05) is 5.75 Å². The molecule has 4 rings (SSSR count). The van der Waals surface area contributed by atoms with Crippen LogP contribution in [0.3, 0.4) is 0 Å². The van der Waals surface area contributed by atoms with Crippen LogP contribution in [0.4, 0.5) is 0 Å². The van der Waals surface area contributed by atoms with Crippen LogP contribution in [0.5, 0.6) is 0 Å². The van der Waals surface area contributed by atoms with E-state index in [1.807, 2.05) is 42.5 Å². The first-order valence-corrected chi connectivity index (χ1v) is 11.1. The normalized spacial score (nSPS) is 10.9. The molecule has 3 aromatic carbocycles. The first kappa shape index (κ1) is 19.7. The summed E-state index contributed by atoms with van der Waals surface area (Å²) in [6, 6.07) is 28.7. The lowest BCUT2D eigenvalue weighted by atomic mass is 10.1. The monoisotopic (exact) mass is 419 g/mol. The van der Waals surface area contributed by atoms with Crippen LogP contribution in [0.15, 0.2) is 90.1 Å². The van der Waals surface area contributed by atoms with Gasteiger partial charge in [0.1, 0.15) is 0 Å². The lowest BCUT2D eigenvalue weighted by Gasteiger charge is -2.10. The van der Waals surface area contributed by atoms with Crippen LogP contribution >= 0.6 is 23.4 Å². The molecule has 0 unspecified atom stereocenters. The zero-order chi connectivity index (χ0) is 19.9. The highest BCUT2D eigenvalue weighted by atomic mass is 35.5. The third-order valence-electron chi connectivity index (χ3n) is 4.66. The summed E-state index contributed by atoms with van der Waals surface area (Å²) < 4.78 is 2.12. The van der Waals surface area contributed by atoms with Gasteiger partial charge in [0.2, 0.25) is 0 Å². The number of thioether (sulfide) groups is 1. The minimum atomic E-state index is 0.695. The molecule has 146 valence electrons. The number of hydrogen-bond donors (Lipinski definition) is 0. The summed E-state index contributed by atoms with van der Waals surface area (Å²) in [4.78, 5) is 0. The molecule has 1 aromatic heterocycles. The van der Waals surface area contributed by atoms with E-state index in [1.54, 1.807) is 11.8 Å². The van der Waals surface area contributed by atoms with Crippen molar-refractivity contribution in [3.05, 3.63) is 95.5 Å². The van der Waals surface area contributed by atoms with Crippen LogP contribution < -0.4 is 0 Å². The Hall–Kier alpha value is -2.56. The van der Waals surface area contributed by atoms with E-state index in [4.69, 9.17) is 11.6 Å². The van der Waals surface area contributed by atoms with E-state index in [9.17, 15) is 0 Å². The molecule has 1 heterocycles. The van der Waals surface area contributed by atoms with Crippen LogP contribution in [-0.2, 0) is 6.42 Å². The number of aryl methyl sites for hydroxylation is 1. The summed E-state index contributed by atoms with van der Waals surface area (Å²) in [5, 5.41) is 10.6. The van der Waals surface area contributed by atoms with Gasteiger partial charge >= 0.3 is 0 Å². The zero-order valence-electron chi connectivity index (χ0n) is 16.0. The number of rotatable bonds is 8. The highest BCUT2D eigenvalue weighted by molar-refractivity contribution is 7.99. The number of aromatic nitrogens is 3. The summed E-state index contributed by atoms with van der Waals surface area (Å²) in [7, 11) is 0. The molecule has 0 spiro atoms. The fraction of sp³-hybridized carbons (Fsp3) is 0.167. The number of para-hydroxylation sites is 1. The van der Waals surface area contributed by atoms with E-state index in [1.165, 1.54) is 5.56 Å². The molecule has 0 bridgehead atoms. The number of hydrogen-bond acceptors (Lipinski definition) is 3. The van der Waals surface area contributed by atoms with Gasteiger partial charge < -0.3 is 0 Å². The predicted molar refractivity (Wildman–Crippen MR) is 122 cm³/mol. The first-order valence-electron chi connectivity index (χ1n) is 9.75. The highest BCUT2D eigenvalue weighted by Gasteiger charge is 2.16. The molecule has 4 aromatic rings. The summed E-state index contributed by atoms with van der Waals surface area (Å²) >= 11 is 7.96. The van der Waals surface area contributed by atoms with Gasteiger partial charge in [-0.05, 0) is 49.1 Å². The van der Waals surface area contributed by atoms with Gasteiger partial charge in [0, 0.05) is 22.0 Å². The molecule has 0 saturated heterocycles. The van der Waals surface area contributed by atoms with Crippen molar-refractivity contribution < 1.29 is 0 Å². The van der Waals surface area contributed by atoms with E-state index >= 15 is 0 Å². The smallest absolute Gasteiger partial charge is 0.196 e. The Morgan fingerprint density at radius 3 is 2.31 bits per heavy atom. The number of benzene rings is 3. The first-order chi connectivity index (χ1) is 14.3. The molecular weight excluding hydrogens is 398 g/mol. The Morgan fingerprint density at radius 1 is 0.793 bits per heavy atom. The molecule has 0 radical (unpaired) electrons. The standard InChI is InChI=1S/C24H22ClN3S/c25-21-14-9-13-20(18-21)23-26-27-24(28(23)22-15-5-2-6-16-22)29-17-8-7-12-19-10-3-1-4-11-19/h1-6,9-11,13-16,18H,7-8,12,17H2. The maximum atomic E-state index is 6.21. The van der Waals surface area contributed by atoms with Gasteiger partial charge in [-0.3, -0.25) is 4.57 Å². The van der Waals surface area contributed by atoms with Crippen molar-refractivity contribution in [1.29, 1.82) is 0 Å². The molecule has 0 fully saturated rings. The number of nitrogens with zero attached hydrogens (tertiary/aromatic N) is 3. The highest BCUT2D eigenvalue weighted by Crippen LogP contribution is 2.29. The molecular formula is C24H22ClN3S. The topological polar surface area (TPSA) is 30.7 Å². The molecule has 0 aliphatic heterocycles. The molecule has 0 atom stereocenters. The summed E-state index contributed by atoms with van der Waals surface area (Å²) in [6.07, 6.45) is 3.41. The second kappa shape index (κ2) is 9.77. The van der Waals surface area contributed by atoms with Crippen molar-refractivity contribution in [3.63, 3.8) is 0 Å². The van der Waals surface area contributed by atoms with Crippen LogP contribution in [0.1, 0.15) is 18.4 Å². The summed E-state index contributed by atoms with van der Waals surface area (Å²) in [6.45, 7) is 0. The quantitative estimate of drug-likeness (QED) is 0.235. The van der Waals surface area contributed by atoms with Crippen LogP contribution in [0.2, 0.25) is 5.02 Å². The molecule has 0 N–H and O–H groups in total. The van der Waals surface area contributed by atoms with E-state index < -0.39 is 0 Å². The molecule has 0 saturated carbocycles. The van der Waals surface area contributed by atoms with Crippen LogP contribution in [0, 0.1) is 0 Å². The fourth-order valence-corrected chi connectivity index (χ4v) is 4.37. The predicted octanol–water partition coefficient (Wildman–Crippen LogP) is 6.70. The van der Waals surface area contributed by atoms with E-state index in [0.29, 0.717) is 5.02 Å². The van der Waals surface area contributed by atoms with Gasteiger partial charge in [-0.1, -0.05) is 84.0 Å². The minimum absolute atomic E-state index is 0.695. The van der Waals surface area contributed by atoms with Crippen molar-refractivity contribution in [2.45, 2.75) is 24.4 Å². The van der Waals surface area contributed by atoms with Crippen LogP contribution in [-0.4, -0.2) is 20.5 Å². The van der Waals surface area contributed by atoms with Crippen molar-refractivity contribution in [2.24, 2.45) is 0 Å². The third kappa shape index (κ3) is 5.08. The Labute approximate surface area is 180 Å². The Morgan fingerprint density at radius 2 is 1.55 bits per heavy atom. The average Bonchev–Trinajstić information content (AvgIpc) is 3.19. The molecule has 0 aliphatic carbocycles. The van der Waals surface area contributed by atoms with Gasteiger partial charge in [-0.25, -0.2) is 0 Å². The molecule has 0 aliphatic rings. The Kier molecular flexibility index (Phi) is 6.65. The fourth-order valence-electron chi connectivity index (χ4n) is 3.23. The maximum absolute atomic E-state index is 6.21. The Bertz CT molecular complexity index is 1050. The number of halogens is 1. The molecule has 5 heteroatoms. The van der Waals surface area contributed by atoms with Crippen molar-refractivity contribution in [1.82, 2.24) is 14.8 Å². The SMILES string of the molecule is Clc1cccc(-c2nnc(SCCCCc3ccccc3)n2-c2ccccc2)c1. The lowest BCUT2D eigenvalue weighted by Crippen LogP contribution is -2.00. The van der Waals surface area contributed by atoms with E-state index in [0.717, 1.165) is 47.2 Å². The van der Waals surface area contributed by atoms with Gasteiger partial charge in [0.05, 0.1) is 0 Å². The second-order valence-corrected chi connectivity index (χ2v) is 8.28. The van der Waals surface area contributed by atoms with Gasteiger partial charge in [-0.15, -0.1) is 10.2 Å². The average molecular weight is 420 g/mol. The van der Waals surface area contributed by atoms with Crippen molar-refractivity contribution >= 4 is 23.4 Å². The largest absolute Gasteiger partial charge is 0.270 e. The van der Waals surface area contributed by atoms with E-state index in [2.05, 4.69) is 57.2 Å². The third-order valence-corrected chi connectivity index (χ3v) is 5.91. The van der Waals surface area contributed by atoms with Crippen molar-refractivity contribution in [3.8, 4) is 17.1 Å². The molecule has 0 amide bonds. The molecule has 29 heavy (non-hydrogen) atoms. The van der Waals surface area contributed by atoms with Gasteiger partial charge in [-0.2, -0.15) is 0 Å². The van der Waals surface area contributed by atoms with Gasteiger partial charge in [0.25, 0.3) is 0 Å². The minimum Gasteiger partial charge on any atom is -0.270 e. The van der Waals surface area contributed by atoms with E-state index in [-0.39, 0.29) is 0 Å². The Balaban J connectivity index is 1.49.